The number of rotatable bonds is 6. The van der Waals surface area contributed by atoms with Crippen molar-refractivity contribution < 1.29 is 46.1 Å². The number of halogens is 2. The molecule has 0 saturated carbocycles. The molecule has 0 fully saturated rings. The monoisotopic (exact) mass is 906 g/mol. The first-order chi connectivity index (χ1) is 26.2. The molecule has 0 aromatic heterocycles. The molecule has 2 aliphatic carbocycles. The van der Waals surface area contributed by atoms with Crippen molar-refractivity contribution in [2.75, 3.05) is 0 Å². The maximum absolute atomic E-state index is 3.09. The van der Waals surface area contributed by atoms with Crippen LogP contribution in [-0.2, 0) is 42.9 Å². The van der Waals surface area contributed by atoms with Crippen molar-refractivity contribution in [2.24, 2.45) is 11.3 Å². The molecule has 1 unspecified atom stereocenters. The van der Waals surface area contributed by atoms with Crippen LogP contribution < -0.4 is 24.8 Å². The van der Waals surface area contributed by atoms with Gasteiger partial charge in [0.1, 0.15) is 0 Å². The first kappa shape index (κ1) is 49.3. The van der Waals surface area contributed by atoms with Crippen LogP contribution in [0.25, 0.3) is 11.1 Å². The Morgan fingerprint density at radius 3 is 1.19 bits per heavy atom. The second-order valence-corrected chi connectivity index (χ2v) is 28.9. The summed E-state index contributed by atoms with van der Waals surface area (Å²) in [7, 11) is 0. The van der Waals surface area contributed by atoms with E-state index in [0.29, 0.717) is 9.54 Å². The van der Waals surface area contributed by atoms with Crippen LogP contribution in [0.3, 0.4) is 0 Å². The smallest absolute Gasteiger partial charge is 1.00 e. The molecular formula is C56H74Cl2Zr. The van der Waals surface area contributed by atoms with Gasteiger partial charge in [0.25, 0.3) is 0 Å². The summed E-state index contributed by atoms with van der Waals surface area (Å²) < 4.78 is 3.75. The summed E-state index contributed by atoms with van der Waals surface area (Å²) in [5, 5.41) is 0. The minimum atomic E-state index is -3.09. The Hall–Kier alpha value is -2.31. The molecule has 0 spiro atoms. The minimum absolute atomic E-state index is 0. The second kappa shape index (κ2) is 17.5. The third-order valence-electron chi connectivity index (χ3n) is 12.6. The molecule has 0 aliphatic heterocycles. The van der Waals surface area contributed by atoms with Crippen LogP contribution in [0.15, 0.2) is 93.8 Å². The predicted octanol–water partition coefficient (Wildman–Crippen LogP) is 9.74. The van der Waals surface area contributed by atoms with Gasteiger partial charge in [-0.1, -0.05) is 0 Å². The van der Waals surface area contributed by atoms with Crippen LogP contribution in [0.4, 0.5) is 0 Å². The molecule has 1 atom stereocenters. The van der Waals surface area contributed by atoms with E-state index in [1.807, 2.05) is 0 Å². The van der Waals surface area contributed by atoms with E-state index in [2.05, 4.69) is 210 Å². The summed E-state index contributed by atoms with van der Waals surface area (Å²) in [4.78, 5) is 0. The summed E-state index contributed by atoms with van der Waals surface area (Å²) in [5.74, 6) is 0.462. The molecule has 316 valence electrons. The van der Waals surface area contributed by atoms with Crippen molar-refractivity contribution in [3.05, 3.63) is 149 Å². The summed E-state index contributed by atoms with van der Waals surface area (Å²) in [5.41, 5.74) is 19.3. The quantitative estimate of drug-likeness (QED) is 0.181. The Labute approximate surface area is 381 Å². The Balaban J connectivity index is 0.00000384. The SMILES string of the molecule is CCCC1C=C(C(C)(C)C)C=[C]1[Zr+2](=[C](c1ccc(C)cc1)c1ccc(C)cc1)[CH]1c2cc(C(C)(C)C)c(C(C)(C)C)cc2-c2cc(C(C)(C)C)c(C(C)(C)C)cc21.[Cl-].[Cl-]. The number of allylic oxidation sites excluding steroid dienone is 4. The summed E-state index contributed by atoms with van der Waals surface area (Å²) in [6.45, 7) is 43.2. The first-order valence-corrected chi connectivity index (χ1v) is 25.8. The van der Waals surface area contributed by atoms with E-state index in [9.17, 15) is 0 Å². The van der Waals surface area contributed by atoms with Crippen LogP contribution in [0.2, 0.25) is 0 Å². The summed E-state index contributed by atoms with van der Waals surface area (Å²) in [6, 6.07) is 30.0. The zero-order valence-electron chi connectivity index (χ0n) is 39.9. The van der Waals surface area contributed by atoms with Gasteiger partial charge in [0.15, 0.2) is 0 Å². The molecule has 0 radical (unpaired) electrons. The van der Waals surface area contributed by atoms with Gasteiger partial charge in [-0.3, -0.25) is 0 Å². The Morgan fingerprint density at radius 2 is 0.864 bits per heavy atom. The third-order valence-corrected chi connectivity index (χ3v) is 21.1. The Kier molecular flexibility index (Phi) is 14.6. The van der Waals surface area contributed by atoms with E-state index < -0.39 is 21.3 Å². The molecule has 0 heterocycles. The van der Waals surface area contributed by atoms with Crippen molar-refractivity contribution in [3.8, 4) is 11.1 Å². The third kappa shape index (κ3) is 10.0. The zero-order chi connectivity index (χ0) is 42.2. The van der Waals surface area contributed by atoms with Crippen LogP contribution in [0.5, 0.6) is 0 Å². The largest absolute Gasteiger partial charge is 1.00 e. The normalized spacial score (nSPS) is 15.6. The summed E-state index contributed by atoms with van der Waals surface area (Å²) in [6.07, 6.45) is 7.83. The molecule has 0 amide bonds. The molecule has 4 aromatic rings. The molecule has 2 aliphatic rings. The average Bonchev–Trinajstić information content (AvgIpc) is 3.65. The van der Waals surface area contributed by atoms with Gasteiger partial charge in [-0.05, 0) is 0 Å². The topological polar surface area (TPSA) is 0 Å². The standard InChI is InChI=1S/C29H41.C15H14.C12H19.2ClH.Zr/c1-26(2,3)22-14-18-13-19-15-23(27(4,5)6)25(29(10,11)12)17-21(19)20(18)16-24(22)28(7,8)9;1-12-3-7-14(8-4-12)11-15-9-5-13(2)6-10-15;1-5-6-10-7-8-11(9-10)12(2,3)4;;;/h13-17H,1-12H3;3-10H,1-2H3;8-10H,5-6H2,1-4H3;2*1H;/q;;;;;+2/p-2. The van der Waals surface area contributed by atoms with E-state index in [1.165, 1.54) is 74.0 Å². The van der Waals surface area contributed by atoms with Crippen molar-refractivity contribution >= 4 is 3.21 Å². The Bertz CT molecular complexity index is 2130. The van der Waals surface area contributed by atoms with Gasteiger partial charge in [0, 0.05) is 0 Å². The van der Waals surface area contributed by atoms with Crippen LogP contribution >= 0.6 is 0 Å². The van der Waals surface area contributed by atoms with Gasteiger partial charge in [-0.15, -0.1) is 0 Å². The van der Waals surface area contributed by atoms with Crippen molar-refractivity contribution in [2.45, 2.75) is 163 Å². The van der Waals surface area contributed by atoms with Crippen molar-refractivity contribution in [3.63, 3.8) is 0 Å². The van der Waals surface area contributed by atoms with E-state index in [1.54, 1.807) is 17.6 Å². The maximum atomic E-state index is 2.75. The van der Waals surface area contributed by atoms with Gasteiger partial charge < -0.3 is 24.8 Å². The van der Waals surface area contributed by atoms with Gasteiger partial charge in [0.2, 0.25) is 0 Å². The van der Waals surface area contributed by atoms with Gasteiger partial charge >= 0.3 is 359 Å². The van der Waals surface area contributed by atoms with Gasteiger partial charge in [-0.2, -0.15) is 0 Å². The van der Waals surface area contributed by atoms with E-state index in [-0.39, 0.29) is 51.9 Å². The number of fused-ring (bicyclic) bond motifs is 3. The molecule has 0 N–H and O–H groups in total. The first-order valence-electron chi connectivity index (χ1n) is 21.9. The van der Waals surface area contributed by atoms with Gasteiger partial charge in [-0.25, -0.2) is 0 Å². The molecule has 0 nitrogen and oxygen atoms in total. The zero-order valence-corrected chi connectivity index (χ0v) is 43.9. The van der Waals surface area contributed by atoms with E-state index >= 15 is 0 Å². The van der Waals surface area contributed by atoms with Crippen LogP contribution in [0.1, 0.15) is 183 Å². The minimum Gasteiger partial charge on any atom is -1.00 e. The molecule has 6 rings (SSSR count). The fourth-order valence-electron chi connectivity index (χ4n) is 9.43. The number of benzene rings is 4. The van der Waals surface area contributed by atoms with E-state index in [0.717, 1.165) is 0 Å². The fraction of sp³-hybridized carbons (Fsp3) is 0.482. The number of hydrogen-bond acceptors (Lipinski definition) is 0. The molecule has 3 heteroatoms. The molecule has 59 heavy (non-hydrogen) atoms. The number of hydrogen-bond donors (Lipinski definition) is 0. The van der Waals surface area contributed by atoms with Crippen molar-refractivity contribution in [1.29, 1.82) is 0 Å². The fourth-order valence-corrected chi connectivity index (χ4v) is 19.0. The van der Waals surface area contributed by atoms with Crippen LogP contribution in [-0.4, -0.2) is 3.21 Å². The maximum Gasteiger partial charge on any atom is -1.00 e. The second-order valence-electron chi connectivity index (χ2n) is 22.8. The van der Waals surface area contributed by atoms with Gasteiger partial charge in [0.05, 0.1) is 0 Å². The summed E-state index contributed by atoms with van der Waals surface area (Å²) >= 11 is -3.09. The van der Waals surface area contributed by atoms with E-state index in [4.69, 9.17) is 0 Å². The molecule has 0 saturated heterocycles. The predicted molar refractivity (Wildman–Crippen MR) is 248 cm³/mol. The molecular weight excluding hydrogens is 835 g/mol. The average molecular weight is 909 g/mol. The van der Waals surface area contributed by atoms with Crippen molar-refractivity contribution in [1.82, 2.24) is 0 Å². The molecule has 4 aromatic carbocycles. The number of aryl methyl sites for hydroxylation is 2. The van der Waals surface area contributed by atoms with Crippen LogP contribution in [0, 0.1) is 25.2 Å². The Morgan fingerprint density at radius 1 is 0.508 bits per heavy atom. The molecule has 0 bridgehead atoms.